The Morgan fingerprint density at radius 1 is 1.00 bits per heavy atom. The van der Waals surface area contributed by atoms with Gasteiger partial charge in [-0.15, -0.1) is 0 Å². The van der Waals surface area contributed by atoms with E-state index in [0.717, 1.165) is 63.3 Å². The molecule has 0 spiro atoms. The van der Waals surface area contributed by atoms with Crippen LogP contribution in [0.1, 0.15) is 49.4 Å². The SMILES string of the molecule is CC1CCCN1CCCOc1ccc(C(=O)CN2CCN(C(=O)C3CC3)CC2)cc1. The Balaban J connectivity index is 1.15. The van der Waals surface area contributed by atoms with Crippen molar-refractivity contribution in [3.8, 4) is 5.75 Å². The van der Waals surface area contributed by atoms with E-state index in [1.807, 2.05) is 29.2 Å². The first kappa shape index (κ1) is 21.3. The van der Waals surface area contributed by atoms with Crippen LogP contribution < -0.4 is 4.74 Å². The number of ketones is 1. The lowest BCUT2D eigenvalue weighted by Gasteiger charge is -2.34. The number of amides is 1. The van der Waals surface area contributed by atoms with Gasteiger partial charge >= 0.3 is 0 Å². The number of ether oxygens (including phenoxy) is 1. The number of benzene rings is 1. The summed E-state index contributed by atoms with van der Waals surface area (Å²) in [4.78, 5) is 31.4. The number of carbonyl (C=O) groups excluding carboxylic acids is 2. The van der Waals surface area contributed by atoms with Crippen LogP contribution in [-0.4, -0.2) is 84.9 Å². The highest BCUT2D eigenvalue weighted by Crippen LogP contribution is 2.31. The predicted octanol–water partition coefficient (Wildman–Crippen LogP) is 2.68. The Morgan fingerprint density at radius 2 is 1.73 bits per heavy atom. The normalized spacial score (nSPS) is 23.0. The lowest BCUT2D eigenvalue weighted by atomic mass is 10.1. The zero-order valence-corrected chi connectivity index (χ0v) is 18.2. The molecule has 1 unspecified atom stereocenters. The number of piperazine rings is 1. The second-order valence-corrected chi connectivity index (χ2v) is 9.05. The van der Waals surface area contributed by atoms with E-state index in [1.54, 1.807) is 0 Å². The van der Waals surface area contributed by atoms with E-state index in [2.05, 4.69) is 16.7 Å². The Labute approximate surface area is 180 Å². The van der Waals surface area contributed by atoms with E-state index in [-0.39, 0.29) is 11.7 Å². The number of nitrogens with zero attached hydrogens (tertiary/aromatic N) is 3. The van der Waals surface area contributed by atoms with Crippen molar-refractivity contribution in [1.29, 1.82) is 0 Å². The standard InChI is InChI=1S/C24H35N3O3/c1-19-4-2-11-26(19)12-3-17-30-22-9-7-20(8-10-22)23(28)18-25-13-15-27(16-14-25)24(29)21-5-6-21/h7-10,19,21H,2-6,11-18H2,1H3. The van der Waals surface area contributed by atoms with Crippen LogP contribution in [0.3, 0.4) is 0 Å². The minimum absolute atomic E-state index is 0.131. The zero-order valence-electron chi connectivity index (χ0n) is 18.2. The van der Waals surface area contributed by atoms with Gasteiger partial charge in [0.15, 0.2) is 5.78 Å². The molecule has 1 aromatic rings. The Hall–Kier alpha value is -1.92. The topological polar surface area (TPSA) is 53.1 Å². The van der Waals surface area contributed by atoms with Crippen LogP contribution in [0.15, 0.2) is 24.3 Å². The van der Waals surface area contributed by atoms with E-state index >= 15 is 0 Å². The quantitative estimate of drug-likeness (QED) is 0.460. The van der Waals surface area contributed by atoms with Crippen LogP contribution in [0.2, 0.25) is 0 Å². The molecule has 0 radical (unpaired) electrons. The van der Waals surface area contributed by atoms with Gasteiger partial charge < -0.3 is 14.5 Å². The molecule has 164 valence electrons. The van der Waals surface area contributed by atoms with E-state index in [1.165, 1.54) is 19.4 Å². The van der Waals surface area contributed by atoms with Crippen LogP contribution in [0.5, 0.6) is 5.75 Å². The van der Waals surface area contributed by atoms with Crippen LogP contribution in [0.4, 0.5) is 0 Å². The third-order valence-electron chi connectivity index (χ3n) is 6.70. The molecule has 1 aromatic carbocycles. The number of hydrogen-bond acceptors (Lipinski definition) is 5. The summed E-state index contributed by atoms with van der Waals surface area (Å²) in [6.45, 7) is 8.78. The summed E-state index contributed by atoms with van der Waals surface area (Å²) in [5.41, 5.74) is 0.727. The maximum atomic E-state index is 12.6. The summed E-state index contributed by atoms with van der Waals surface area (Å²) in [7, 11) is 0. The molecule has 1 aliphatic carbocycles. The first-order valence-electron chi connectivity index (χ1n) is 11.6. The molecule has 1 atom stereocenters. The van der Waals surface area contributed by atoms with Gasteiger partial charge in [-0.1, -0.05) is 0 Å². The van der Waals surface area contributed by atoms with Gasteiger partial charge in [-0.3, -0.25) is 14.5 Å². The number of rotatable bonds is 9. The number of hydrogen-bond donors (Lipinski definition) is 0. The third-order valence-corrected chi connectivity index (χ3v) is 6.70. The molecule has 1 amide bonds. The highest BCUT2D eigenvalue weighted by atomic mass is 16.5. The number of carbonyl (C=O) groups is 2. The second kappa shape index (κ2) is 9.92. The summed E-state index contributed by atoms with van der Waals surface area (Å²) >= 11 is 0. The summed E-state index contributed by atoms with van der Waals surface area (Å²) in [6, 6.07) is 8.24. The molecular weight excluding hydrogens is 378 g/mol. The van der Waals surface area contributed by atoms with E-state index < -0.39 is 0 Å². The lowest BCUT2D eigenvalue weighted by Crippen LogP contribution is -2.50. The highest BCUT2D eigenvalue weighted by molar-refractivity contribution is 5.97. The lowest BCUT2D eigenvalue weighted by molar-refractivity contribution is -0.134. The van der Waals surface area contributed by atoms with Crippen LogP contribution in [0.25, 0.3) is 0 Å². The van der Waals surface area contributed by atoms with E-state index in [0.29, 0.717) is 25.1 Å². The fourth-order valence-electron chi connectivity index (χ4n) is 4.53. The molecule has 2 aliphatic heterocycles. The maximum absolute atomic E-state index is 12.6. The number of Topliss-reactive ketones (excluding diaryl/α,β-unsaturated/α-hetero) is 1. The Bertz CT molecular complexity index is 724. The van der Waals surface area contributed by atoms with Gasteiger partial charge in [0, 0.05) is 50.2 Å². The van der Waals surface area contributed by atoms with Crippen molar-refractivity contribution >= 4 is 11.7 Å². The van der Waals surface area contributed by atoms with E-state index in [9.17, 15) is 9.59 Å². The van der Waals surface area contributed by atoms with Crippen molar-refractivity contribution < 1.29 is 14.3 Å². The fraction of sp³-hybridized carbons (Fsp3) is 0.667. The van der Waals surface area contributed by atoms with Gasteiger partial charge in [0.25, 0.3) is 0 Å². The molecule has 30 heavy (non-hydrogen) atoms. The molecule has 2 saturated heterocycles. The molecular formula is C24H35N3O3. The molecule has 0 N–H and O–H groups in total. The highest BCUT2D eigenvalue weighted by Gasteiger charge is 2.34. The van der Waals surface area contributed by atoms with Crippen molar-refractivity contribution in [2.24, 2.45) is 5.92 Å². The van der Waals surface area contributed by atoms with Gasteiger partial charge in [0.05, 0.1) is 13.2 Å². The minimum atomic E-state index is 0.131. The average Bonchev–Trinajstić information content (AvgIpc) is 3.54. The van der Waals surface area contributed by atoms with Crippen molar-refractivity contribution in [3.63, 3.8) is 0 Å². The summed E-state index contributed by atoms with van der Waals surface area (Å²) in [5.74, 6) is 1.55. The predicted molar refractivity (Wildman–Crippen MR) is 117 cm³/mol. The van der Waals surface area contributed by atoms with Crippen LogP contribution in [0, 0.1) is 5.92 Å². The monoisotopic (exact) mass is 413 g/mol. The maximum Gasteiger partial charge on any atom is 0.225 e. The Morgan fingerprint density at radius 3 is 2.37 bits per heavy atom. The van der Waals surface area contributed by atoms with Gasteiger partial charge in [-0.05, 0) is 69.8 Å². The smallest absolute Gasteiger partial charge is 0.225 e. The second-order valence-electron chi connectivity index (χ2n) is 9.05. The number of likely N-dealkylation sites (tertiary alicyclic amines) is 1. The molecule has 6 heteroatoms. The molecule has 0 aromatic heterocycles. The molecule has 0 bridgehead atoms. The van der Waals surface area contributed by atoms with Gasteiger partial charge in [-0.25, -0.2) is 0 Å². The fourth-order valence-corrected chi connectivity index (χ4v) is 4.53. The van der Waals surface area contributed by atoms with Gasteiger partial charge in [-0.2, -0.15) is 0 Å². The van der Waals surface area contributed by atoms with Crippen molar-refractivity contribution in [2.75, 3.05) is 52.4 Å². The van der Waals surface area contributed by atoms with Crippen molar-refractivity contribution in [3.05, 3.63) is 29.8 Å². The molecule has 1 saturated carbocycles. The molecule has 4 rings (SSSR count). The molecule has 2 heterocycles. The average molecular weight is 414 g/mol. The van der Waals surface area contributed by atoms with Crippen LogP contribution >= 0.6 is 0 Å². The first-order valence-corrected chi connectivity index (χ1v) is 11.6. The van der Waals surface area contributed by atoms with Crippen LogP contribution in [-0.2, 0) is 4.79 Å². The van der Waals surface area contributed by atoms with Gasteiger partial charge in [0.2, 0.25) is 5.91 Å². The molecule has 3 aliphatic rings. The van der Waals surface area contributed by atoms with Gasteiger partial charge in [0.1, 0.15) is 5.75 Å². The minimum Gasteiger partial charge on any atom is -0.494 e. The van der Waals surface area contributed by atoms with E-state index in [4.69, 9.17) is 4.74 Å². The zero-order chi connectivity index (χ0) is 20.9. The van der Waals surface area contributed by atoms with Crippen molar-refractivity contribution in [2.45, 2.75) is 45.1 Å². The third kappa shape index (κ3) is 5.61. The summed E-state index contributed by atoms with van der Waals surface area (Å²) in [5, 5.41) is 0. The Kier molecular flexibility index (Phi) is 7.05. The van der Waals surface area contributed by atoms with Crippen molar-refractivity contribution in [1.82, 2.24) is 14.7 Å². The first-order chi connectivity index (χ1) is 14.6. The summed E-state index contributed by atoms with van der Waals surface area (Å²) in [6.07, 6.45) is 5.75. The summed E-state index contributed by atoms with van der Waals surface area (Å²) < 4.78 is 5.86. The molecule has 3 fully saturated rings. The molecule has 6 nitrogen and oxygen atoms in total. The largest absolute Gasteiger partial charge is 0.494 e.